The summed E-state index contributed by atoms with van der Waals surface area (Å²) < 4.78 is 18.5. The first-order valence-electron chi connectivity index (χ1n) is 9.39. The Balaban J connectivity index is 1.38. The zero-order valence-electron chi connectivity index (χ0n) is 16.2. The van der Waals surface area contributed by atoms with Crippen LogP contribution in [0.25, 0.3) is 11.4 Å². The fourth-order valence-electron chi connectivity index (χ4n) is 3.50. The first-order valence-corrected chi connectivity index (χ1v) is 9.39. The maximum Gasteiger partial charge on any atom is 0.319 e. The molecule has 0 radical (unpaired) electrons. The van der Waals surface area contributed by atoms with Gasteiger partial charge >= 0.3 is 6.03 Å². The summed E-state index contributed by atoms with van der Waals surface area (Å²) in [4.78, 5) is 18.8. The standard InChI is InChI=1S/C21H19FN6O2/c1-28-12-17(25-21(29)24-16-4-2-3-13(9-16)11-23)10-18(28)20-26-19(27-30-20)14-5-7-15(22)8-6-14/h2-9,17-18H,10,12H2,1H3,(H2,24,25,29). The minimum atomic E-state index is -0.346. The summed E-state index contributed by atoms with van der Waals surface area (Å²) in [6, 6.07) is 14.0. The molecule has 0 aliphatic carbocycles. The lowest BCUT2D eigenvalue weighted by molar-refractivity contribution is 0.243. The average molecular weight is 406 g/mol. The first-order chi connectivity index (χ1) is 14.5. The molecule has 2 N–H and O–H groups in total. The maximum atomic E-state index is 13.1. The van der Waals surface area contributed by atoms with Gasteiger partial charge < -0.3 is 15.2 Å². The summed E-state index contributed by atoms with van der Waals surface area (Å²) >= 11 is 0. The van der Waals surface area contributed by atoms with Crippen LogP contribution in [0.3, 0.4) is 0 Å². The van der Waals surface area contributed by atoms with Gasteiger partial charge in [0.15, 0.2) is 0 Å². The molecule has 152 valence electrons. The second kappa shape index (κ2) is 8.31. The van der Waals surface area contributed by atoms with Crippen LogP contribution < -0.4 is 10.6 Å². The highest BCUT2D eigenvalue weighted by molar-refractivity contribution is 5.89. The summed E-state index contributed by atoms with van der Waals surface area (Å²) in [7, 11) is 1.92. The highest BCUT2D eigenvalue weighted by Gasteiger charge is 2.35. The predicted octanol–water partition coefficient (Wildman–Crippen LogP) is 3.31. The van der Waals surface area contributed by atoms with Crippen LogP contribution in [0.4, 0.5) is 14.9 Å². The molecule has 1 aromatic heterocycles. The van der Waals surface area contributed by atoms with Crippen molar-refractivity contribution in [2.24, 2.45) is 0 Å². The van der Waals surface area contributed by atoms with Crippen molar-refractivity contribution in [1.29, 1.82) is 5.26 Å². The van der Waals surface area contributed by atoms with E-state index in [1.54, 1.807) is 36.4 Å². The molecule has 2 aromatic carbocycles. The Bertz CT molecular complexity index is 1090. The molecule has 4 rings (SSSR count). The molecular weight excluding hydrogens is 387 g/mol. The molecule has 2 amide bonds. The van der Waals surface area contributed by atoms with Gasteiger partial charge in [0.05, 0.1) is 17.7 Å². The molecule has 9 heteroatoms. The number of rotatable bonds is 4. The number of nitrogens with zero attached hydrogens (tertiary/aromatic N) is 4. The molecule has 0 saturated carbocycles. The molecule has 1 aliphatic rings. The van der Waals surface area contributed by atoms with Crippen LogP contribution in [-0.4, -0.2) is 40.7 Å². The average Bonchev–Trinajstić information content (AvgIpc) is 3.35. The summed E-state index contributed by atoms with van der Waals surface area (Å²) in [6.45, 7) is 0.616. The smallest absolute Gasteiger partial charge is 0.319 e. The molecule has 0 spiro atoms. The van der Waals surface area contributed by atoms with E-state index in [-0.39, 0.29) is 23.9 Å². The number of hydrogen-bond acceptors (Lipinski definition) is 6. The van der Waals surface area contributed by atoms with Crippen LogP contribution in [0.15, 0.2) is 53.1 Å². The number of carbonyl (C=O) groups excluding carboxylic acids is 1. The number of anilines is 1. The van der Waals surface area contributed by atoms with Crippen molar-refractivity contribution in [3.63, 3.8) is 0 Å². The van der Waals surface area contributed by atoms with Crippen molar-refractivity contribution >= 4 is 11.7 Å². The highest BCUT2D eigenvalue weighted by atomic mass is 19.1. The van der Waals surface area contributed by atoms with Crippen molar-refractivity contribution < 1.29 is 13.7 Å². The zero-order valence-corrected chi connectivity index (χ0v) is 16.2. The van der Waals surface area contributed by atoms with Gasteiger partial charge in [0.1, 0.15) is 5.82 Å². The molecule has 8 nitrogen and oxygen atoms in total. The Kier molecular flexibility index (Phi) is 5.41. The van der Waals surface area contributed by atoms with E-state index in [1.807, 2.05) is 18.0 Å². The summed E-state index contributed by atoms with van der Waals surface area (Å²) in [5.74, 6) is 0.512. The molecule has 1 saturated heterocycles. The molecule has 2 heterocycles. The van der Waals surface area contributed by atoms with Crippen LogP contribution in [-0.2, 0) is 0 Å². The Morgan fingerprint density at radius 3 is 2.87 bits per heavy atom. The van der Waals surface area contributed by atoms with E-state index >= 15 is 0 Å². The quantitative estimate of drug-likeness (QED) is 0.688. The second-order valence-electron chi connectivity index (χ2n) is 7.14. The van der Waals surface area contributed by atoms with E-state index in [1.165, 1.54) is 12.1 Å². The molecule has 30 heavy (non-hydrogen) atoms. The van der Waals surface area contributed by atoms with Crippen LogP contribution in [0.1, 0.15) is 23.9 Å². The number of nitrogens with one attached hydrogen (secondary N) is 2. The minimum Gasteiger partial charge on any atom is -0.337 e. The summed E-state index contributed by atoms with van der Waals surface area (Å²) in [5.41, 5.74) is 1.69. The van der Waals surface area contributed by atoms with Crippen molar-refractivity contribution in [3.05, 3.63) is 65.8 Å². The molecule has 2 atom stereocenters. The van der Waals surface area contributed by atoms with Gasteiger partial charge in [-0.2, -0.15) is 10.2 Å². The third-order valence-corrected chi connectivity index (χ3v) is 4.96. The number of nitriles is 1. The topological polar surface area (TPSA) is 107 Å². The first kappa shape index (κ1) is 19.5. The van der Waals surface area contributed by atoms with E-state index < -0.39 is 0 Å². The highest BCUT2D eigenvalue weighted by Crippen LogP contribution is 2.31. The van der Waals surface area contributed by atoms with Gasteiger partial charge in [-0.3, -0.25) is 4.90 Å². The lowest BCUT2D eigenvalue weighted by atomic mass is 10.1. The number of hydrogen-bond donors (Lipinski definition) is 2. The Morgan fingerprint density at radius 2 is 2.10 bits per heavy atom. The molecule has 2 unspecified atom stereocenters. The van der Waals surface area contributed by atoms with Gasteiger partial charge in [-0.1, -0.05) is 11.2 Å². The number of urea groups is 1. The number of likely N-dealkylation sites (N-methyl/N-ethyl adjacent to an activating group) is 1. The number of likely N-dealkylation sites (tertiary alicyclic amines) is 1. The van der Waals surface area contributed by atoms with Crippen LogP contribution in [0.2, 0.25) is 0 Å². The van der Waals surface area contributed by atoms with Gasteiger partial charge in [0, 0.05) is 23.8 Å². The van der Waals surface area contributed by atoms with Crippen molar-refractivity contribution in [3.8, 4) is 17.5 Å². The van der Waals surface area contributed by atoms with E-state index in [0.29, 0.717) is 41.5 Å². The van der Waals surface area contributed by atoms with Crippen molar-refractivity contribution in [2.45, 2.75) is 18.5 Å². The van der Waals surface area contributed by atoms with Gasteiger partial charge in [-0.25, -0.2) is 9.18 Å². The number of halogens is 1. The number of benzene rings is 2. The second-order valence-corrected chi connectivity index (χ2v) is 7.14. The van der Waals surface area contributed by atoms with Gasteiger partial charge in [0.25, 0.3) is 0 Å². The Hall–Kier alpha value is -3.77. The number of aromatic nitrogens is 2. The van der Waals surface area contributed by atoms with E-state index in [0.717, 1.165) is 0 Å². The fourth-order valence-corrected chi connectivity index (χ4v) is 3.50. The van der Waals surface area contributed by atoms with Crippen LogP contribution in [0, 0.1) is 17.1 Å². The summed E-state index contributed by atoms with van der Waals surface area (Å²) in [5, 5.41) is 18.6. The SMILES string of the molecule is CN1CC(NC(=O)Nc2cccc(C#N)c2)CC1c1nc(-c2ccc(F)cc2)no1. The monoisotopic (exact) mass is 406 g/mol. The zero-order chi connectivity index (χ0) is 21.1. The number of amides is 2. The largest absolute Gasteiger partial charge is 0.337 e. The molecule has 3 aromatic rings. The van der Waals surface area contributed by atoms with Crippen LogP contribution in [0.5, 0.6) is 0 Å². The van der Waals surface area contributed by atoms with Crippen molar-refractivity contribution in [1.82, 2.24) is 20.4 Å². The van der Waals surface area contributed by atoms with Gasteiger partial charge in [-0.15, -0.1) is 0 Å². The third-order valence-electron chi connectivity index (χ3n) is 4.96. The lowest BCUT2D eigenvalue weighted by Gasteiger charge is -2.14. The third kappa shape index (κ3) is 4.29. The normalized spacial score (nSPS) is 18.7. The van der Waals surface area contributed by atoms with Crippen molar-refractivity contribution in [2.75, 3.05) is 18.9 Å². The number of carbonyl (C=O) groups is 1. The molecular formula is C21H19FN6O2. The lowest BCUT2D eigenvalue weighted by Crippen LogP contribution is -2.39. The molecule has 1 aliphatic heterocycles. The Morgan fingerprint density at radius 1 is 1.30 bits per heavy atom. The van der Waals surface area contributed by atoms with E-state index in [2.05, 4.69) is 20.8 Å². The minimum absolute atomic E-state index is 0.111. The van der Waals surface area contributed by atoms with Gasteiger partial charge in [0.2, 0.25) is 11.7 Å². The fraction of sp³-hybridized carbons (Fsp3) is 0.238. The predicted molar refractivity (Wildman–Crippen MR) is 107 cm³/mol. The van der Waals surface area contributed by atoms with Gasteiger partial charge in [-0.05, 0) is 55.9 Å². The summed E-state index contributed by atoms with van der Waals surface area (Å²) in [6.07, 6.45) is 0.604. The molecule has 1 fully saturated rings. The Labute approximate surface area is 172 Å². The maximum absolute atomic E-state index is 13.1. The van der Waals surface area contributed by atoms with E-state index in [4.69, 9.17) is 9.78 Å². The van der Waals surface area contributed by atoms with E-state index in [9.17, 15) is 9.18 Å². The molecule has 0 bridgehead atoms. The van der Waals surface area contributed by atoms with Crippen LogP contribution >= 0.6 is 0 Å².